The molecular formula is C33H31F3N2O. The summed E-state index contributed by atoms with van der Waals surface area (Å²) in [6.07, 6.45) is -3.51. The summed E-state index contributed by atoms with van der Waals surface area (Å²) in [5.41, 5.74) is 6.65. The van der Waals surface area contributed by atoms with E-state index in [9.17, 15) is 18.0 Å². The van der Waals surface area contributed by atoms with Crippen molar-refractivity contribution in [3.05, 3.63) is 124 Å². The largest absolute Gasteiger partial charge is 0.416 e. The Kier molecular flexibility index (Phi) is 7.58. The van der Waals surface area contributed by atoms with Crippen molar-refractivity contribution >= 4 is 11.6 Å². The van der Waals surface area contributed by atoms with Gasteiger partial charge in [-0.25, -0.2) is 0 Å². The highest BCUT2D eigenvalue weighted by atomic mass is 19.4. The summed E-state index contributed by atoms with van der Waals surface area (Å²) in [6, 6.07) is 26.7. The van der Waals surface area contributed by atoms with Crippen molar-refractivity contribution < 1.29 is 18.0 Å². The second-order valence-corrected chi connectivity index (χ2v) is 10.4. The molecule has 200 valence electrons. The highest BCUT2D eigenvalue weighted by Crippen LogP contribution is 2.32. The van der Waals surface area contributed by atoms with E-state index in [0.717, 1.165) is 38.2 Å². The van der Waals surface area contributed by atoms with Crippen LogP contribution in [0.5, 0.6) is 0 Å². The topological polar surface area (TPSA) is 32.3 Å². The van der Waals surface area contributed by atoms with Gasteiger partial charge in [0.2, 0.25) is 0 Å². The number of alkyl halides is 3. The number of hydrogen-bond acceptors (Lipinski definition) is 2. The van der Waals surface area contributed by atoms with E-state index in [0.29, 0.717) is 28.3 Å². The van der Waals surface area contributed by atoms with Crippen LogP contribution in [0.1, 0.15) is 57.9 Å². The van der Waals surface area contributed by atoms with Gasteiger partial charge in [0.15, 0.2) is 0 Å². The standard InChI is InChI=1S/C33H31F3N2O/c1-22(2)24-9-7-23(8-10-24)20-38-18-17-26-19-29(16-13-27(26)21-38)37-32(39)31-6-4-3-5-30(31)25-11-14-28(15-12-25)33(34,35)36/h3-16,19,22H,17-18,20-21H2,1-2H3,(H,37,39). The molecule has 39 heavy (non-hydrogen) atoms. The Bertz CT molecular complexity index is 1460. The number of rotatable bonds is 6. The molecule has 0 saturated heterocycles. The maximum atomic E-state index is 13.2. The molecule has 0 spiro atoms. The van der Waals surface area contributed by atoms with Gasteiger partial charge in [0.1, 0.15) is 0 Å². The minimum Gasteiger partial charge on any atom is -0.322 e. The van der Waals surface area contributed by atoms with Crippen molar-refractivity contribution in [2.75, 3.05) is 11.9 Å². The smallest absolute Gasteiger partial charge is 0.322 e. The van der Waals surface area contributed by atoms with E-state index in [2.05, 4.69) is 54.4 Å². The fourth-order valence-corrected chi connectivity index (χ4v) is 5.06. The Morgan fingerprint density at radius 3 is 2.31 bits per heavy atom. The predicted molar refractivity (Wildman–Crippen MR) is 150 cm³/mol. The van der Waals surface area contributed by atoms with Crippen molar-refractivity contribution in [3.63, 3.8) is 0 Å². The van der Waals surface area contributed by atoms with Gasteiger partial charge in [0.05, 0.1) is 5.56 Å². The molecule has 3 nitrogen and oxygen atoms in total. The van der Waals surface area contributed by atoms with Gasteiger partial charge in [0, 0.05) is 30.9 Å². The van der Waals surface area contributed by atoms with E-state index in [1.165, 1.54) is 34.4 Å². The van der Waals surface area contributed by atoms with E-state index < -0.39 is 11.7 Å². The molecule has 0 aromatic heterocycles. The molecule has 4 aromatic carbocycles. The molecule has 1 aliphatic heterocycles. The summed E-state index contributed by atoms with van der Waals surface area (Å²) >= 11 is 0. The second-order valence-electron chi connectivity index (χ2n) is 10.4. The summed E-state index contributed by atoms with van der Waals surface area (Å²) in [5.74, 6) is 0.224. The van der Waals surface area contributed by atoms with Crippen LogP contribution in [-0.2, 0) is 25.7 Å². The van der Waals surface area contributed by atoms with E-state index in [1.807, 2.05) is 12.1 Å². The minimum absolute atomic E-state index is 0.298. The summed E-state index contributed by atoms with van der Waals surface area (Å²) in [6.45, 7) is 7.09. The third kappa shape index (κ3) is 6.23. The number of carbonyl (C=O) groups is 1. The molecule has 5 rings (SSSR count). The zero-order valence-corrected chi connectivity index (χ0v) is 22.1. The zero-order chi connectivity index (χ0) is 27.6. The van der Waals surface area contributed by atoms with Crippen LogP contribution in [0.4, 0.5) is 18.9 Å². The van der Waals surface area contributed by atoms with E-state index in [4.69, 9.17) is 0 Å². The molecular weight excluding hydrogens is 497 g/mol. The first kappa shape index (κ1) is 26.7. The van der Waals surface area contributed by atoms with Gasteiger partial charge < -0.3 is 5.32 Å². The second kappa shape index (κ2) is 11.1. The number of fused-ring (bicyclic) bond motifs is 1. The zero-order valence-electron chi connectivity index (χ0n) is 22.1. The number of anilines is 1. The van der Waals surface area contributed by atoms with Crippen LogP contribution in [0.3, 0.4) is 0 Å². The Morgan fingerprint density at radius 2 is 1.62 bits per heavy atom. The van der Waals surface area contributed by atoms with E-state index in [1.54, 1.807) is 24.3 Å². The molecule has 1 aliphatic rings. The molecule has 4 aromatic rings. The highest BCUT2D eigenvalue weighted by Gasteiger charge is 2.30. The van der Waals surface area contributed by atoms with Gasteiger partial charge in [0.25, 0.3) is 5.91 Å². The molecule has 1 N–H and O–H groups in total. The molecule has 0 radical (unpaired) electrons. The van der Waals surface area contributed by atoms with Crippen molar-refractivity contribution in [2.45, 2.75) is 45.5 Å². The Hall–Kier alpha value is -3.90. The van der Waals surface area contributed by atoms with Crippen LogP contribution in [0.2, 0.25) is 0 Å². The van der Waals surface area contributed by atoms with Gasteiger partial charge in [-0.05, 0) is 76.1 Å². The molecule has 0 unspecified atom stereocenters. The molecule has 0 aliphatic carbocycles. The van der Waals surface area contributed by atoms with E-state index in [-0.39, 0.29) is 5.91 Å². The van der Waals surface area contributed by atoms with Gasteiger partial charge in [-0.2, -0.15) is 13.2 Å². The van der Waals surface area contributed by atoms with Crippen LogP contribution < -0.4 is 5.32 Å². The summed E-state index contributed by atoms with van der Waals surface area (Å²) in [7, 11) is 0. The molecule has 0 saturated carbocycles. The maximum absolute atomic E-state index is 13.2. The third-order valence-corrected chi connectivity index (χ3v) is 7.30. The van der Waals surface area contributed by atoms with Crippen LogP contribution in [0, 0.1) is 0 Å². The van der Waals surface area contributed by atoms with Crippen molar-refractivity contribution in [3.8, 4) is 11.1 Å². The molecule has 1 heterocycles. The average molecular weight is 529 g/mol. The lowest BCUT2D eigenvalue weighted by Gasteiger charge is -2.29. The Labute approximate surface area is 227 Å². The first-order chi connectivity index (χ1) is 18.7. The number of carbonyl (C=O) groups excluding carboxylic acids is 1. The van der Waals surface area contributed by atoms with Crippen molar-refractivity contribution in [2.24, 2.45) is 0 Å². The minimum atomic E-state index is -4.40. The number of benzene rings is 4. The number of hydrogen-bond donors (Lipinski definition) is 1. The Morgan fingerprint density at radius 1 is 0.897 bits per heavy atom. The maximum Gasteiger partial charge on any atom is 0.416 e. The van der Waals surface area contributed by atoms with Crippen LogP contribution in [0.15, 0.2) is 91.0 Å². The van der Waals surface area contributed by atoms with Crippen LogP contribution >= 0.6 is 0 Å². The lowest BCUT2D eigenvalue weighted by molar-refractivity contribution is -0.137. The lowest BCUT2D eigenvalue weighted by atomic mass is 9.97. The summed E-state index contributed by atoms with van der Waals surface area (Å²) in [5, 5.41) is 2.99. The number of halogens is 3. The van der Waals surface area contributed by atoms with Crippen molar-refractivity contribution in [1.29, 1.82) is 0 Å². The monoisotopic (exact) mass is 528 g/mol. The number of nitrogens with one attached hydrogen (secondary N) is 1. The molecule has 0 atom stereocenters. The SMILES string of the molecule is CC(C)c1ccc(CN2CCc3cc(NC(=O)c4ccccc4-c4ccc(C(F)(F)F)cc4)ccc3C2)cc1. The summed E-state index contributed by atoms with van der Waals surface area (Å²) < 4.78 is 38.9. The Balaban J connectivity index is 1.27. The van der Waals surface area contributed by atoms with Gasteiger partial charge in [-0.1, -0.05) is 74.5 Å². The highest BCUT2D eigenvalue weighted by molar-refractivity contribution is 6.08. The number of amides is 1. The molecule has 6 heteroatoms. The number of nitrogens with zero attached hydrogens (tertiary/aromatic N) is 1. The molecule has 0 fully saturated rings. The lowest BCUT2D eigenvalue weighted by Crippen LogP contribution is -2.30. The quantitative estimate of drug-likeness (QED) is 0.273. The third-order valence-electron chi connectivity index (χ3n) is 7.30. The normalized spacial score (nSPS) is 13.8. The van der Waals surface area contributed by atoms with Gasteiger partial charge in [-0.15, -0.1) is 0 Å². The van der Waals surface area contributed by atoms with Gasteiger partial charge >= 0.3 is 6.18 Å². The van der Waals surface area contributed by atoms with Crippen LogP contribution in [0.25, 0.3) is 11.1 Å². The average Bonchev–Trinajstić information content (AvgIpc) is 2.93. The predicted octanol–water partition coefficient (Wildman–Crippen LogP) is 8.31. The molecule has 1 amide bonds. The fraction of sp³-hybridized carbons (Fsp3) is 0.242. The first-order valence-electron chi connectivity index (χ1n) is 13.2. The van der Waals surface area contributed by atoms with Crippen molar-refractivity contribution in [1.82, 2.24) is 4.90 Å². The van der Waals surface area contributed by atoms with Gasteiger partial charge in [-0.3, -0.25) is 9.69 Å². The fourth-order valence-electron chi connectivity index (χ4n) is 5.06. The van der Waals surface area contributed by atoms with E-state index >= 15 is 0 Å². The summed E-state index contributed by atoms with van der Waals surface area (Å²) in [4.78, 5) is 15.7. The van der Waals surface area contributed by atoms with Crippen LogP contribution in [-0.4, -0.2) is 17.4 Å². The first-order valence-corrected chi connectivity index (χ1v) is 13.2. The molecule has 0 bridgehead atoms.